The van der Waals surface area contributed by atoms with Gasteiger partial charge in [-0.05, 0) is 25.7 Å². The quantitative estimate of drug-likeness (QED) is 0.836. The molecule has 0 saturated carbocycles. The van der Waals surface area contributed by atoms with Crippen LogP contribution in [0.5, 0.6) is 0 Å². The largest absolute Gasteiger partial charge is 0.276 e. The van der Waals surface area contributed by atoms with E-state index in [-0.39, 0.29) is 0 Å². The Morgan fingerprint density at radius 2 is 1.14 bits per heavy atom. The normalized spacial score (nSPS) is 20.8. The lowest BCUT2D eigenvalue weighted by atomic mass is 10.2. The first-order valence-corrected chi connectivity index (χ1v) is 8.42. The van der Waals surface area contributed by atoms with Gasteiger partial charge in [0.2, 0.25) is 11.9 Å². The fourth-order valence-corrected chi connectivity index (χ4v) is 3.20. The van der Waals surface area contributed by atoms with Crippen molar-refractivity contribution in [3.05, 3.63) is 6.33 Å². The van der Waals surface area contributed by atoms with Crippen LogP contribution in [-0.4, -0.2) is 65.2 Å². The molecule has 0 spiro atoms. The van der Waals surface area contributed by atoms with E-state index in [1.165, 1.54) is 38.5 Å². The van der Waals surface area contributed by atoms with Crippen LogP contribution in [0.25, 0.3) is 0 Å². The van der Waals surface area contributed by atoms with Crippen molar-refractivity contribution in [3.63, 3.8) is 0 Å². The minimum Gasteiger partial charge on any atom is -0.276 e. The van der Waals surface area contributed by atoms with Gasteiger partial charge in [-0.25, -0.2) is 10.0 Å². The van der Waals surface area contributed by atoms with Crippen molar-refractivity contribution in [1.29, 1.82) is 0 Å². The predicted molar refractivity (Wildman–Crippen MR) is 87.5 cm³/mol. The third-order valence-electron chi connectivity index (χ3n) is 4.64. The molecule has 0 N–H and O–H groups in total. The molecule has 122 valence electrons. The number of aromatic nitrogens is 3. The molecule has 0 aliphatic carbocycles. The first-order valence-electron chi connectivity index (χ1n) is 8.42. The third kappa shape index (κ3) is 3.47. The molecule has 0 unspecified atom stereocenters. The molecule has 3 heterocycles. The number of anilines is 2. The molecule has 1 aromatic heterocycles. The van der Waals surface area contributed by atoms with Gasteiger partial charge in [-0.1, -0.05) is 12.8 Å². The number of hydrogen-bond acceptors (Lipinski definition) is 7. The average molecular weight is 305 g/mol. The Morgan fingerprint density at radius 3 is 1.55 bits per heavy atom. The van der Waals surface area contributed by atoms with Crippen LogP contribution in [0.4, 0.5) is 11.9 Å². The fraction of sp³-hybridized carbons (Fsp3) is 0.800. The van der Waals surface area contributed by atoms with Crippen molar-refractivity contribution in [3.8, 4) is 0 Å². The molecule has 0 atom stereocenters. The standard InChI is InChI=1S/C15H27N7/c1-19(21-9-5-3-6-10-21)14-16-13-17-15(18-14)20(2)22-11-7-4-8-12-22/h13H,3-12H2,1-2H3. The summed E-state index contributed by atoms with van der Waals surface area (Å²) in [5.74, 6) is 1.46. The first-order chi connectivity index (χ1) is 10.8. The number of rotatable bonds is 4. The number of piperidine rings is 2. The van der Waals surface area contributed by atoms with E-state index in [0.29, 0.717) is 0 Å². The zero-order valence-electron chi connectivity index (χ0n) is 13.8. The van der Waals surface area contributed by atoms with Crippen LogP contribution in [-0.2, 0) is 0 Å². The summed E-state index contributed by atoms with van der Waals surface area (Å²) in [6, 6.07) is 0. The summed E-state index contributed by atoms with van der Waals surface area (Å²) in [6.45, 7) is 4.33. The van der Waals surface area contributed by atoms with Gasteiger partial charge in [0.1, 0.15) is 6.33 Å². The van der Waals surface area contributed by atoms with Crippen LogP contribution < -0.4 is 10.0 Å². The van der Waals surface area contributed by atoms with Crippen LogP contribution in [0, 0.1) is 0 Å². The molecule has 22 heavy (non-hydrogen) atoms. The SMILES string of the molecule is CN(c1ncnc(N(C)N2CCCCC2)n1)N1CCCCC1. The maximum absolute atomic E-state index is 4.67. The molecular formula is C15H27N7. The Hall–Kier alpha value is -1.47. The van der Waals surface area contributed by atoms with Gasteiger partial charge in [-0.15, -0.1) is 0 Å². The smallest absolute Gasteiger partial charge is 0.244 e. The lowest BCUT2D eigenvalue weighted by Gasteiger charge is -2.36. The lowest BCUT2D eigenvalue weighted by Crippen LogP contribution is -2.46. The third-order valence-corrected chi connectivity index (χ3v) is 4.64. The second kappa shape index (κ2) is 7.19. The van der Waals surface area contributed by atoms with Crippen molar-refractivity contribution in [2.24, 2.45) is 0 Å². The Balaban J connectivity index is 1.70. The number of nitrogens with zero attached hydrogens (tertiary/aromatic N) is 7. The summed E-state index contributed by atoms with van der Waals surface area (Å²) in [7, 11) is 4.09. The van der Waals surface area contributed by atoms with E-state index < -0.39 is 0 Å². The van der Waals surface area contributed by atoms with E-state index in [9.17, 15) is 0 Å². The highest BCUT2D eigenvalue weighted by molar-refractivity contribution is 5.35. The molecule has 0 bridgehead atoms. The first kappa shape index (κ1) is 15.4. The van der Waals surface area contributed by atoms with E-state index in [0.717, 1.165) is 38.1 Å². The van der Waals surface area contributed by atoms with Gasteiger partial charge in [0.25, 0.3) is 0 Å². The van der Waals surface area contributed by atoms with Crippen molar-refractivity contribution in [2.75, 3.05) is 50.3 Å². The maximum Gasteiger partial charge on any atom is 0.244 e. The second-order valence-corrected chi connectivity index (χ2v) is 6.16. The van der Waals surface area contributed by atoms with Crippen molar-refractivity contribution >= 4 is 11.9 Å². The van der Waals surface area contributed by atoms with Gasteiger partial charge >= 0.3 is 0 Å². The Bertz CT molecular complexity index is 429. The summed E-state index contributed by atoms with van der Waals surface area (Å²) < 4.78 is 0. The van der Waals surface area contributed by atoms with Gasteiger partial charge in [-0.3, -0.25) is 10.0 Å². The van der Waals surface area contributed by atoms with E-state index >= 15 is 0 Å². The molecular weight excluding hydrogens is 278 g/mol. The Labute approximate surface area is 132 Å². The van der Waals surface area contributed by atoms with Crippen LogP contribution in [0.2, 0.25) is 0 Å². The van der Waals surface area contributed by atoms with Crippen LogP contribution in [0.1, 0.15) is 38.5 Å². The molecule has 7 heteroatoms. The zero-order valence-corrected chi connectivity index (χ0v) is 13.8. The summed E-state index contributed by atoms with van der Waals surface area (Å²) in [5, 5.41) is 8.80. The van der Waals surface area contributed by atoms with Crippen molar-refractivity contribution in [1.82, 2.24) is 25.0 Å². The van der Waals surface area contributed by atoms with Gasteiger partial charge in [0, 0.05) is 40.3 Å². The lowest BCUT2D eigenvalue weighted by molar-refractivity contribution is 0.212. The van der Waals surface area contributed by atoms with Crippen LogP contribution >= 0.6 is 0 Å². The van der Waals surface area contributed by atoms with Gasteiger partial charge in [-0.2, -0.15) is 15.0 Å². The highest BCUT2D eigenvalue weighted by Gasteiger charge is 2.21. The maximum atomic E-state index is 4.67. The Morgan fingerprint density at radius 1 is 0.727 bits per heavy atom. The molecule has 1 aromatic rings. The molecule has 7 nitrogen and oxygen atoms in total. The van der Waals surface area contributed by atoms with Crippen LogP contribution in [0.15, 0.2) is 6.33 Å². The van der Waals surface area contributed by atoms with Gasteiger partial charge < -0.3 is 0 Å². The average Bonchev–Trinajstić information content (AvgIpc) is 2.62. The second-order valence-electron chi connectivity index (χ2n) is 6.16. The molecule has 2 saturated heterocycles. The Kier molecular flexibility index (Phi) is 5.04. The van der Waals surface area contributed by atoms with Crippen LogP contribution in [0.3, 0.4) is 0 Å². The highest BCUT2D eigenvalue weighted by atomic mass is 15.7. The fourth-order valence-electron chi connectivity index (χ4n) is 3.20. The minimum atomic E-state index is 0.732. The minimum absolute atomic E-state index is 0.732. The monoisotopic (exact) mass is 305 g/mol. The predicted octanol–water partition coefficient (Wildman–Crippen LogP) is 1.55. The highest BCUT2D eigenvalue weighted by Crippen LogP contribution is 2.18. The molecule has 2 aliphatic heterocycles. The van der Waals surface area contributed by atoms with Crippen molar-refractivity contribution in [2.45, 2.75) is 38.5 Å². The molecule has 3 rings (SSSR count). The number of hydrazine groups is 2. The molecule has 0 radical (unpaired) electrons. The molecule has 2 fully saturated rings. The van der Waals surface area contributed by atoms with Gasteiger partial charge in [0.15, 0.2) is 0 Å². The topological polar surface area (TPSA) is 51.6 Å². The van der Waals surface area contributed by atoms with Gasteiger partial charge in [0.05, 0.1) is 0 Å². The van der Waals surface area contributed by atoms with E-state index in [1.807, 2.05) is 14.1 Å². The van der Waals surface area contributed by atoms with Crippen molar-refractivity contribution < 1.29 is 0 Å². The van der Waals surface area contributed by atoms with E-state index in [2.05, 4.69) is 35.0 Å². The number of hydrogen-bond donors (Lipinski definition) is 0. The summed E-state index contributed by atoms with van der Waals surface area (Å²) in [5.41, 5.74) is 0. The summed E-state index contributed by atoms with van der Waals surface area (Å²) in [6.07, 6.45) is 9.26. The van der Waals surface area contributed by atoms with E-state index in [1.54, 1.807) is 6.33 Å². The summed E-state index contributed by atoms with van der Waals surface area (Å²) in [4.78, 5) is 13.4. The summed E-state index contributed by atoms with van der Waals surface area (Å²) >= 11 is 0. The molecule has 0 amide bonds. The molecule has 2 aliphatic rings. The van der Waals surface area contributed by atoms with E-state index in [4.69, 9.17) is 0 Å². The molecule has 0 aromatic carbocycles. The zero-order chi connectivity index (χ0) is 15.4.